The fraction of sp³-hybridized carbons (Fsp3) is 0.824. The molecule has 2 aliphatic heterocycles. The Morgan fingerprint density at radius 3 is 2.64 bits per heavy atom. The summed E-state index contributed by atoms with van der Waals surface area (Å²) in [5, 5.41) is 0. The Labute approximate surface area is 143 Å². The molecule has 0 saturated carbocycles. The molecular weight excluding hydrogens is 344 g/mol. The van der Waals surface area contributed by atoms with Gasteiger partial charge >= 0.3 is 6.09 Å². The number of alkyl halides is 1. The summed E-state index contributed by atoms with van der Waals surface area (Å²) < 4.78 is 5.63. The van der Waals surface area contributed by atoms with Gasteiger partial charge in [-0.15, -0.1) is 0 Å². The van der Waals surface area contributed by atoms with Crippen molar-refractivity contribution in [2.45, 2.75) is 76.4 Å². The summed E-state index contributed by atoms with van der Waals surface area (Å²) >= 11 is 3.81. The second-order valence-electron chi connectivity index (χ2n) is 7.48. The van der Waals surface area contributed by atoms with Gasteiger partial charge in [-0.25, -0.2) is 4.79 Å². The number of hydrogen-bond acceptors (Lipinski definition) is 3. The predicted molar refractivity (Wildman–Crippen MR) is 93.2 cm³/mol. The highest BCUT2D eigenvalue weighted by Crippen LogP contribution is 2.34. The first-order chi connectivity index (χ1) is 10.2. The number of carbonyl (C=O) groups is 1. The summed E-state index contributed by atoms with van der Waals surface area (Å²) in [5.74, 6) is 0. The standard InChI is InChI=1S/C17H29BrN2O2/c1-12(2)19-10-7-9-14(19)15-13(18)8-6-11-20(15)16(21)22-17(3,4)5/h9,12-13,15H,6-8,10-11H2,1-5H3. The molecule has 2 aliphatic rings. The Morgan fingerprint density at radius 1 is 1.36 bits per heavy atom. The van der Waals surface area contributed by atoms with Gasteiger partial charge in [0, 0.05) is 29.7 Å². The van der Waals surface area contributed by atoms with Crippen LogP contribution in [0.5, 0.6) is 0 Å². The molecule has 0 radical (unpaired) electrons. The third-order valence-corrected chi connectivity index (χ3v) is 5.13. The summed E-state index contributed by atoms with van der Waals surface area (Å²) in [7, 11) is 0. The third kappa shape index (κ3) is 3.98. The third-order valence-electron chi connectivity index (χ3n) is 4.17. The molecule has 0 N–H and O–H groups in total. The Balaban J connectivity index is 2.22. The summed E-state index contributed by atoms with van der Waals surface area (Å²) in [4.78, 5) is 17.3. The van der Waals surface area contributed by atoms with Crippen LogP contribution < -0.4 is 0 Å². The molecule has 0 spiro atoms. The Kier molecular flexibility index (Phi) is 5.46. The number of halogens is 1. The van der Waals surface area contributed by atoms with Crippen LogP contribution in [0.15, 0.2) is 11.8 Å². The molecule has 2 heterocycles. The molecule has 2 unspecified atom stereocenters. The van der Waals surface area contributed by atoms with Crippen molar-refractivity contribution in [1.29, 1.82) is 0 Å². The average molecular weight is 373 g/mol. The van der Waals surface area contributed by atoms with Crippen LogP contribution in [-0.4, -0.2) is 51.5 Å². The van der Waals surface area contributed by atoms with Gasteiger partial charge in [-0.3, -0.25) is 4.90 Å². The molecule has 1 amide bonds. The molecule has 0 aromatic rings. The van der Waals surface area contributed by atoms with Gasteiger partial charge in [-0.05, 0) is 53.9 Å². The quantitative estimate of drug-likeness (QED) is 0.682. The Bertz CT molecular complexity index is 442. The number of amides is 1. The predicted octanol–water partition coefficient (Wildman–Crippen LogP) is 4.15. The maximum absolute atomic E-state index is 12.6. The lowest BCUT2D eigenvalue weighted by molar-refractivity contribution is 0.0119. The molecule has 2 atom stereocenters. The lowest BCUT2D eigenvalue weighted by Gasteiger charge is -2.43. The molecule has 2 rings (SSSR count). The first kappa shape index (κ1) is 17.6. The van der Waals surface area contributed by atoms with E-state index >= 15 is 0 Å². The van der Waals surface area contributed by atoms with Crippen LogP contribution in [0.2, 0.25) is 0 Å². The topological polar surface area (TPSA) is 32.8 Å². The highest BCUT2D eigenvalue weighted by atomic mass is 79.9. The van der Waals surface area contributed by atoms with Crippen LogP contribution in [0, 0.1) is 0 Å². The minimum Gasteiger partial charge on any atom is -0.444 e. The van der Waals surface area contributed by atoms with Crippen molar-refractivity contribution < 1.29 is 9.53 Å². The Hall–Kier alpha value is -0.710. The molecule has 1 fully saturated rings. The number of rotatable bonds is 2. The molecule has 126 valence electrons. The zero-order valence-electron chi connectivity index (χ0n) is 14.4. The molecule has 22 heavy (non-hydrogen) atoms. The largest absolute Gasteiger partial charge is 0.444 e. The molecule has 0 aliphatic carbocycles. The van der Waals surface area contributed by atoms with Gasteiger partial charge in [0.25, 0.3) is 0 Å². The Morgan fingerprint density at radius 2 is 2.05 bits per heavy atom. The zero-order chi connectivity index (χ0) is 16.5. The number of ether oxygens (including phenoxy) is 1. The van der Waals surface area contributed by atoms with Crippen LogP contribution in [-0.2, 0) is 4.74 Å². The van der Waals surface area contributed by atoms with E-state index in [1.54, 1.807) is 0 Å². The summed E-state index contributed by atoms with van der Waals surface area (Å²) in [6, 6.07) is 0.532. The van der Waals surface area contributed by atoms with E-state index in [1.165, 1.54) is 5.70 Å². The fourth-order valence-electron chi connectivity index (χ4n) is 3.26. The van der Waals surface area contributed by atoms with Crippen LogP contribution in [0.3, 0.4) is 0 Å². The maximum Gasteiger partial charge on any atom is 0.410 e. The number of carbonyl (C=O) groups excluding carboxylic acids is 1. The highest BCUT2D eigenvalue weighted by molar-refractivity contribution is 9.09. The minimum atomic E-state index is -0.456. The molecule has 4 nitrogen and oxygen atoms in total. The fourth-order valence-corrected chi connectivity index (χ4v) is 4.14. The van der Waals surface area contributed by atoms with E-state index in [0.29, 0.717) is 10.9 Å². The molecule has 0 aromatic heterocycles. The van der Waals surface area contributed by atoms with Gasteiger partial charge in [0.15, 0.2) is 0 Å². The van der Waals surface area contributed by atoms with E-state index in [1.807, 2.05) is 25.7 Å². The van der Waals surface area contributed by atoms with Crippen molar-refractivity contribution in [3.8, 4) is 0 Å². The van der Waals surface area contributed by atoms with E-state index in [9.17, 15) is 4.79 Å². The highest BCUT2D eigenvalue weighted by Gasteiger charge is 2.40. The van der Waals surface area contributed by atoms with Gasteiger partial charge in [0.1, 0.15) is 5.60 Å². The number of nitrogens with zero attached hydrogens (tertiary/aromatic N) is 2. The molecular formula is C17H29BrN2O2. The van der Waals surface area contributed by atoms with Crippen molar-refractivity contribution in [3.63, 3.8) is 0 Å². The number of piperidine rings is 1. The van der Waals surface area contributed by atoms with Gasteiger partial charge in [-0.1, -0.05) is 22.0 Å². The maximum atomic E-state index is 12.6. The van der Waals surface area contributed by atoms with Crippen LogP contribution in [0.4, 0.5) is 4.79 Å². The van der Waals surface area contributed by atoms with Gasteiger partial charge in [-0.2, -0.15) is 0 Å². The van der Waals surface area contributed by atoms with Crippen LogP contribution in [0.25, 0.3) is 0 Å². The van der Waals surface area contributed by atoms with Crippen molar-refractivity contribution in [2.75, 3.05) is 13.1 Å². The lowest BCUT2D eigenvalue weighted by atomic mass is 9.98. The van der Waals surface area contributed by atoms with Gasteiger partial charge in [0.2, 0.25) is 0 Å². The van der Waals surface area contributed by atoms with E-state index in [-0.39, 0.29) is 12.1 Å². The summed E-state index contributed by atoms with van der Waals surface area (Å²) in [6.07, 6.45) is 5.26. The number of hydrogen-bond donors (Lipinski definition) is 0. The van der Waals surface area contributed by atoms with Crippen LogP contribution >= 0.6 is 15.9 Å². The molecule has 0 aromatic carbocycles. The van der Waals surface area contributed by atoms with E-state index in [2.05, 4.69) is 40.8 Å². The second-order valence-corrected chi connectivity index (χ2v) is 8.66. The SMILES string of the molecule is CC(C)N1CCC=C1C1C(Br)CCCN1C(=O)OC(C)(C)C. The second kappa shape index (κ2) is 6.81. The molecule has 1 saturated heterocycles. The van der Waals surface area contributed by atoms with Crippen LogP contribution in [0.1, 0.15) is 53.9 Å². The van der Waals surface area contributed by atoms with Gasteiger partial charge < -0.3 is 9.64 Å². The minimum absolute atomic E-state index is 0.0773. The van der Waals surface area contributed by atoms with E-state index in [0.717, 1.165) is 32.4 Å². The zero-order valence-corrected chi connectivity index (χ0v) is 16.0. The van der Waals surface area contributed by atoms with Crippen molar-refractivity contribution in [1.82, 2.24) is 9.80 Å². The van der Waals surface area contributed by atoms with Crippen molar-refractivity contribution in [3.05, 3.63) is 11.8 Å². The average Bonchev–Trinajstić information content (AvgIpc) is 2.85. The van der Waals surface area contributed by atoms with E-state index < -0.39 is 5.60 Å². The summed E-state index contributed by atoms with van der Waals surface area (Å²) in [5.41, 5.74) is 0.824. The smallest absolute Gasteiger partial charge is 0.410 e. The first-order valence-corrected chi connectivity index (χ1v) is 9.22. The van der Waals surface area contributed by atoms with Crippen molar-refractivity contribution in [2.24, 2.45) is 0 Å². The van der Waals surface area contributed by atoms with Gasteiger partial charge in [0.05, 0.1) is 6.04 Å². The van der Waals surface area contributed by atoms with Crippen molar-refractivity contribution >= 4 is 22.0 Å². The monoisotopic (exact) mass is 372 g/mol. The first-order valence-electron chi connectivity index (χ1n) is 8.31. The molecule has 5 heteroatoms. The lowest BCUT2D eigenvalue weighted by Crippen LogP contribution is -2.54. The molecule has 0 bridgehead atoms. The normalized spacial score (nSPS) is 26.4. The summed E-state index contributed by atoms with van der Waals surface area (Å²) in [6.45, 7) is 12.0. The van der Waals surface area contributed by atoms with E-state index in [4.69, 9.17) is 4.74 Å². The number of likely N-dealkylation sites (tertiary alicyclic amines) is 1.